The molecule has 0 saturated heterocycles. The van der Waals surface area contributed by atoms with Crippen LogP contribution in [0.15, 0.2) is 11.3 Å². The van der Waals surface area contributed by atoms with Gasteiger partial charge in [0, 0.05) is 0 Å². The largest absolute Gasteiger partial charge is 1.00 e. The zero-order valence-electron chi connectivity index (χ0n) is 6.32. The second-order valence-electron chi connectivity index (χ2n) is 1.74. The van der Waals surface area contributed by atoms with Crippen LogP contribution in [0.5, 0.6) is 0 Å². The van der Waals surface area contributed by atoms with Crippen LogP contribution in [-0.2, 0) is 4.79 Å². The third-order valence-electron chi connectivity index (χ3n) is 1.06. The molecule has 0 aromatic carbocycles. The van der Waals surface area contributed by atoms with Gasteiger partial charge in [0.05, 0.1) is 0 Å². The van der Waals surface area contributed by atoms with E-state index in [1.807, 2.05) is 0 Å². The maximum absolute atomic E-state index is 10.3. The first-order chi connectivity index (χ1) is 3.55. The van der Waals surface area contributed by atoms with Gasteiger partial charge in [-0.2, -0.15) is 0 Å². The first-order valence-corrected chi connectivity index (χ1v) is 2.41. The summed E-state index contributed by atoms with van der Waals surface area (Å²) in [5, 5.41) is 10.3. The molecule has 3 heteroatoms. The van der Waals surface area contributed by atoms with E-state index in [1.165, 1.54) is 20.8 Å². The predicted octanol–water partition coefficient (Wildman–Crippen LogP) is -2.77. The van der Waals surface area contributed by atoms with Crippen molar-refractivity contribution in [2.75, 3.05) is 0 Å². The molecule has 0 bridgehead atoms. The summed E-state index contributed by atoms with van der Waals surface area (Å²) in [7, 11) is 0. The Morgan fingerprint density at radius 1 is 1.22 bits per heavy atom. The summed E-state index contributed by atoms with van der Waals surface area (Å²) < 4.78 is 0. The average molecular weight is 136 g/mol. The van der Waals surface area contributed by atoms with Crippen LogP contribution in [0.4, 0.5) is 0 Å². The number of Topliss-reactive ketones (excluding diaryl/α,β-unsaturated/α-hetero) is 1. The first kappa shape index (κ1) is 11.9. The molecule has 9 heavy (non-hydrogen) atoms. The van der Waals surface area contributed by atoms with Gasteiger partial charge in [-0.1, -0.05) is 6.92 Å². The van der Waals surface area contributed by atoms with Crippen LogP contribution in [0.25, 0.3) is 0 Å². The fourth-order valence-corrected chi connectivity index (χ4v) is 0.248. The van der Waals surface area contributed by atoms with Crippen LogP contribution in [0.1, 0.15) is 20.8 Å². The molecule has 0 amide bonds. The van der Waals surface area contributed by atoms with Gasteiger partial charge in [0.2, 0.25) is 0 Å². The fraction of sp³-hybridized carbons (Fsp3) is 0.500. The predicted molar refractivity (Wildman–Crippen MR) is 29.1 cm³/mol. The van der Waals surface area contributed by atoms with Crippen LogP contribution in [0, 0.1) is 0 Å². The van der Waals surface area contributed by atoms with Gasteiger partial charge >= 0.3 is 29.6 Å². The standard InChI is InChI=1S/C6H10O2.Na/c1-4(5(2)7)6(3)8;/h7H,1-3H3;/q;+1/p-1/b5-4+;. The Hall–Kier alpha value is 0.210. The summed E-state index contributed by atoms with van der Waals surface area (Å²) in [6, 6.07) is 0. The number of carbonyl (C=O) groups is 1. The summed E-state index contributed by atoms with van der Waals surface area (Å²) in [5.74, 6) is -0.282. The summed E-state index contributed by atoms with van der Waals surface area (Å²) in [6.45, 7) is 4.30. The van der Waals surface area contributed by atoms with Gasteiger partial charge in [0.25, 0.3) is 0 Å². The quantitative estimate of drug-likeness (QED) is 0.222. The molecule has 0 aromatic rings. The van der Waals surface area contributed by atoms with Crippen molar-refractivity contribution < 1.29 is 39.5 Å². The van der Waals surface area contributed by atoms with Crippen molar-refractivity contribution in [2.24, 2.45) is 0 Å². The van der Waals surface area contributed by atoms with Crippen molar-refractivity contribution >= 4 is 5.78 Å². The molecule has 0 N–H and O–H groups in total. The molecule has 0 heterocycles. The van der Waals surface area contributed by atoms with E-state index < -0.39 is 0 Å². The number of ketones is 1. The zero-order chi connectivity index (χ0) is 6.73. The first-order valence-electron chi connectivity index (χ1n) is 2.41. The molecule has 0 atom stereocenters. The van der Waals surface area contributed by atoms with Crippen molar-refractivity contribution in [3.63, 3.8) is 0 Å². The average Bonchev–Trinajstić information content (AvgIpc) is 1.64. The van der Waals surface area contributed by atoms with E-state index in [0.29, 0.717) is 5.57 Å². The van der Waals surface area contributed by atoms with Crippen LogP contribution >= 0.6 is 0 Å². The number of carbonyl (C=O) groups excluding carboxylic acids is 1. The van der Waals surface area contributed by atoms with Gasteiger partial charge in [-0.05, 0) is 19.4 Å². The topological polar surface area (TPSA) is 40.1 Å². The Labute approximate surface area is 77.2 Å². The normalized spacial score (nSPS) is 11.4. The molecular weight excluding hydrogens is 127 g/mol. The Balaban J connectivity index is 0. The molecule has 0 aliphatic heterocycles. The van der Waals surface area contributed by atoms with Gasteiger partial charge in [0.1, 0.15) is 0 Å². The SMILES string of the molecule is CC(=O)/C(C)=C(\C)[O-].[Na+]. The van der Waals surface area contributed by atoms with Crippen LogP contribution in [0.2, 0.25) is 0 Å². The molecule has 0 aliphatic rings. The maximum Gasteiger partial charge on any atom is 1.00 e. The fourth-order valence-electron chi connectivity index (χ4n) is 0.248. The second-order valence-corrected chi connectivity index (χ2v) is 1.74. The van der Waals surface area contributed by atoms with Gasteiger partial charge in [0.15, 0.2) is 5.78 Å². The molecule has 0 fully saturated rings. The van der Waals surface area contributed by atoms with E-state index >= 15 is 0 Å². The van der Waals surface area contributed by atoms with E-state index in [9.17, 15) is 9.90 Å². The number of allylic oxidation sites excluding steroid dienone is 2. The Morgan fingerprint density at radius 2 is 1.56 bits per heavy atom. The van der Waals surface area contributed by atoms with E-state index in [4.69, 9.17) is 0 Å². The smallest absolute Gasteiger partial charge is 0.875 e. The van der Waals surface area contributed by atoms with Gasteiger partial charge in [-0.3, -0.25) is 4.79 Å². The maximum atomic E-state index is 10.3. The summed E-state index contributed by atoms with van der Waals surface area (Å²) in [6.07, 6.45) is 0. The van der Waals surface area contributed by atoms with Crippen molar-refractivity contribution in [1.82, 2.24) is 0 Å². The molecule has 0 aliphatic carbocycles. The van der Waals surface area contributed by atoms with E-state index in [-0.39, 0.29) is 41.1 Å². The molecule has 0 rings (SSSR count). The monoisotopic (exact) mass is 136 g/mol. The van der Waals surface area contributed by atoms with Crippen molar-refractivity contribution in [2.45, 2.75) is 20.8 Å². The van der Waals surface area contributed by atoms with E-state index in [1.54, 1.807) is 0 Å². The molecule has 0 unspecified atom stereocenters. The third-order valence-corrected chi connectivity index (χ3v) is 1.06. The van der Waals surface area contributed by atoms with Gasteiger partial charge in [-0.15, -0.1) is 5.76 Å². The zero-order valence-corrected chi connectivity index (χ0v) is 8.32. The van der Waals surface area contributed by atoms with Crippen LogP contribution in [-0.4, -0.2) is 5.78 Å². The van der Waals surface area contributed by atoms with Crippen molar-refractivity contribution in [1.29, 1.82) is 0 Å². The minimum atomic E-state index is -0.141. The number of hydrogen-bond donors (Lipinski definition) is 0. The van der Waals surface area contributed by atoms with E-state index in [0.717, 1.165) is 0 Å². The third kappa shape index (κ3) is 4.70. The van der Waals surface area contributed by atoms with Crippen molar-refractivity contribution in [3.8, 4) is 0 Å². The minimum absolute atomic E-state index is 0. The number of hydrogen-bond acceptors (Lipinski definition) is 2. The van der Waals surface area contributed by atoms with E-state index in [2.05, 4.69) is 0 Å². The van der Waals surface area contributed by atoms with Crippen LogP contribution in [0.3, 0.4) is 0 Å². The number of rotatable bonds is 1. The minimum Gasteiger partial charge on any atom is -0.875 e. The molecule has 2 nitrogen and oxygen atoms in total. The van der Waals surface area contributed by atoms with Crippen LogP contribution < -0.4 is 34.7 Å². The van der Waals surface area contributed by atoms with Gasteiger partial charge in [-0.25, -0.2) is 0 Å². The van der Waals surface area contributed by atoms with Crippen molar-refractivity contribution in [3.05, 3.63) is 11.3 Å². The van der Waals surface area contributed by atoms with Gasteiger partial charge < -0.3 is 5.11 Å². The molecular formula is C6H9NaO2. The summed E-state index contributed by atoms with van der Waals surface area (Å²) >= 11 is 0. The Kier molecular flexibility index (Phi) is 6.68. The molecule has 0 saturated carbocycles. The Bertz CT molecular complexity index is 134. The molecule has 0 spiro atoms. The molecule has 0 radical (unpaired) electrons. The summed E-state index contributed by atoms with van der Waals surface area (Å²) in [4.78, 5) is 10.3. The Morgan fingerprint density at radius 3 is 1.56 bits per heavy atom. The molecule has 46 valence electrons. The second kappa shape index (κ2) is 5.03. The summed E-state index contributed by atoms with van der Waals surface area (Å²) in [5.41, 5.74) is 0.324. The molecule has 0 aromatic heterocycles.